The van der Waals surface area contributed by atoms with E-state index in [9.17, 15) is 9.59 Å². The Hall–Kier alpha value is -2.47. The Bertz CT molecular complexity index is 958. The van der Waals surface area contributed by atoms with E-state index in [-0.39, 0.29) is 17.1 Å². The fourth-order valence-electron chi connectivity index (χ4n) is 4.96. The van der Waals surface area contributed by atoms with Gasteiger partial charge in [0.15, 0.2) is 5.78 Å². The first-order valence-corrected chi connectivity index (χ1v) is 11.0. The van der Waals surface area contributed by atoms with Gasteiger partial charge in [-0.1, -0.05) is 20.8 Å². The summed E-state index contributed by atoms with van der Waals surface area (Å²) in [5.41, 5.74) is 3.99. The zero-order valence-electron chi connectivity index (χ0n) is 18.5. The molecule has 2 aromatic rings. The molecule has 0 bridgehead atoms. The molecule has 2 heterocycles. The molecule has 1 atom stereocenters. The lowest BCUT2D eigenvalue weighted by atomic mass is 9.75. The molecule has 4 rings (SSSR count). The van der Waals surface area contributed by atoms with Gasteiger partial charge in [-0.3, -0.25) is 14.5 Å². The molecule has 1 saturated heterocycles. The largest absolute Gasteiger partial charge is 0.350 e. The van der Waals surface area contributed by atoms with E-state index in [2.05, 4.69) is 36.1 Å². The van der Waals surface area contributed by atoms with Crippen LogP contribution in [-0.2, 0) is 6.42 Å². The number of nitrogens with one attached hydrogen (secondary N) is 1. The van der Waals surface area contributed by atoms with Crippen LogP contribution in [0.2, 0.25) is 0 Å². The van der Waals surface area contributed by atoms with Crippen LogP contribution >= 0.6 is 0 Å². The number of hydrogen-bond donors (Lipinski definition) is 1. The van der Waals surface area contributed by atoms with E-state index in [1.165, 1.54) is 6.42 Å². The van der Waals surface area contributed by atoms with E-state index in [0.717, 1.165) is 48.6 Å². The summed E-state index contributed by atoms with van der Waals surface area (Å²) in [6, 6.07) is 7.97. The maximum absolute atomic E-state index is 12.6. The number of Topliss-reactive ketones (excluding diaryl/α,β-unsaturated/α-hetero) is 1. The lowest BCUT2D eigenvalue weighted by Gasteiger charge is -2.29. The smallest absolute Gasteiger partial charge is 0.251 e. The maximum Gasteiger partial charge on any atom is 0.251 e. The molecule has 0 spiro atoms. The molecule has 6 heteroatoms. The summed E-state index contributed by atoms with van der Waals surface area (Å²) in [6.07, 6.45) is 3.72. The van der Waals surface area contributed by atoms with E-state index in [4.69, 9.17) is 0 Å². The van der Waals surface area contributed by atoms with Crippen molar-refractivity contribution >= 4 is 11.7 Å². The van der Waals surface area contributed by atoms with E-state index in [1.54, 1.807) is 0 Å². The Morgan fingerprint density at radius 1 is 1.23 bits per heavy atom. The van der Waals surface area contributed by atoms with Gasteiger partial charge in [0.05, 0.1) is 22.6 Å². The van der Waals surface area contributed by atoms with Crippen LogP contribution in [0.25, 0.3) is 5.69 Å². The number of amides is 1. The van der Waals surface area contributed by atoms with Crippen molar-refractivity contribution in [1.29, 1.82) is 0 Å². The van der Waals surface area contributed by atoms with Gasteiger partial charge in [-0.25, -0.2) is 4.68 Å². The second kappa shape index (κ2) is 7.99. The quantitative estimate of drug-likeness (QED) is 0.822. The van der Waals surface area contributed by atoms with Gasteiger partial charge in [0.25, 0.3) is 5.91 Å². The fourth-order valence-corrected chi connectivity index (χ4v) is 4.96. The number of aromatic nitrogens is 2. The standard InChI is InChI=1S/C24H32N4O2/c1-5-27-12-6-7-19(27)15-25-23(30)17-8-10-18(11-9-17)28-20-13-24(3,4)14-21(29)22(20)16(2)26-28/h8-11,19H,5-7,12-15H2,1-4H3,(H,25,30). The number of carbonyl (C=O) groups excluding carboxylic acids is 2. The van der Waals surface area contributed by atoms with E-state index in [1.807, 2.05) is 35.9 Å². The summed E-state index contributed by atoms with van der Waals surface area (Å²) in [5.74, 6) is 0.133. The molecule has 1 aromatic heterocycles. The molecule has 1 amide bonds. The van der Waals surface area contributed by atoms with Gasteiger partial charge in [-0.2, -0.15) is 5.10 Å². The Balaban J connectivity index is 1.50. The summed E-state index contributed by atoms with van der Waals surface area (Å²) in [6.45, 7) is 11.2. The molecular weight excluding hydrogens is 376 g/mol. The average molecular weight is 409 g/mol. The van der Waals surface area contributed by atoms with E-state index >= 15 is 0 Å². The highest BCUT2D eigenvalue weighted by Crippen LogP contribution is 2.36. The topological polar surface area (TPSA) is 67.2 Å². The molecule has 2 aliphatic rings. The third-order valence-corrected chi connectivity index (χ3v) is 6.50. The van der Waals surface area contributed by atoms with Crippen molar-refractivity contribution in [3.63, 3.8) is 0 Å². The zero-order chi connectivity index (χ0) is 21.5. The summed E-state index contributed by atoms with van der Waals surface area (Å²) < 4.78 is 1.88. The number of rotatable bonds is 5. The Morgan fingerprint density at radius 2 is 1.97 bits per heavy atom. The summed E-state index contributed by atoms with van der Waals surface area (Å²) in [7, 11) is 0. The van der Waals surface area contributed by atoms with Crippen molar-refractivity contribution < 1.29 is 9.59 Å². The molecule has 6 nitrogen and oxygen atoms in total. The molecule has 1 fully saturated rings. The summed E-state index contributed by atoms with van der Waals surface area (Å²) >= 11 is 0. The second-order valence-electron chi connectivity index (χ2n) is 9.44. The van der Waals surface area contributed by atoms with Crippen LogP contribution < -0.4 is 5.32 Å². The molecule has 1 N–H and O–H groups in total. The summed E-state index contributed by atoms with van der Waals surface area (Å²) in [4.78, 5) is 27.7. The van der Waals surface area contributed by atoms with Gasteiger partial charge in [0.2, 0.25) is 0 Å². The predicted molar refractivity (Wildman–Crippen MR) is 117 cm³/mol. The van der Waals surface area contributed by atoms with E-state index < -0.39 is 0 Å². The monoisotopic (exact) mass is 408 g/mol. The van der Waals surface area contributed by atoms with Crippen LogP contribution in [0.5, 0.6) is 0 Å². The number of likely N-dealkylation sites (tertiary alicyclic amines) is 1. The Labute approximate surface area is 178 Å². The van der Waals surface area contributed by atoms with Gasteiger partial charge >= 0.3 is 0 Å². The number of nitrogens with zero attached hydrogens (tertiary/aromatic N) is 3. The zero-order valence-corrected chi connectivity index (χ0v) is 18.5. The number of aryl methyl sites for hydroxylation is 1. The Kier molecular flexibility index (Phi) is 5.53. The van der Waals surface area contributed by atoms with Crippen molar-refractivity contribution in [3.05, 3.63) is 46.8 Å². The molecule has 160 valence electrons. The van der Waals surface area contributed by atoms with Crippen LogP contribution in [0.3, 0.4) is 0 Å². The highest BCUT2D eigenvalue weighted by atomic mass is 16.1. The van der Waals surface area contributed by atoms with Crippen LogP contribution in [0.4, 0.5) is 0 Å². The van der Waals surface area contributed by atoms with Crippen molar-refractivity contribution in [2.45, 2.75) is 59.4 Å². The molecule has 1 aliphatic carbocycles. The highest BCUT2D eigenvalue weighted by Gasteiger charge is 2.35. The number of hydrogen-bond acceptors (Lipinski definition) is 4. The van der Waals surface area contributed by atoms with E-state index in [0.29, 0.717) is 24.6 Å². The molecule has 1 aromatic carbocycles. The minimum absolute atomic E-state index is 0.0421. The predicted octanol–water partition coefficient (Wildman–Crippen LogP) is 3.55. The van der Waals surface area contributed by atoms with Crippen molar-refractivity contribution in [2.24, 2.45) is 5.41 Å². The van der Waals surface area contributed by atoms with Gasteiger partial charge in [0, 0.05) is 24.6 Å². The molecule has 1 aliphatic heterocycles. The van der Waals surface area contributed by atoms with Crippen molar-refractivity contribution in [3.8, 4) is 5.69 Å². The van der Waals surface area contributed by atoms with Gasteiger partial charge in [-0.05, 0) is 69.0 Å². The number of ketones is 1. The van der Waals surface area contributed by atoms with Crippen LogP contribution in [-0.4, -0.2) is 52.0 Å². The van der Waals surface area contributed by atoms with Gasteiger partial charge in [0.1, 0.15) is 0 Å². The number of likely N-dealkylation sites (N-methyl/N-ethyl adjacent to an activating group) is 1. The number of benzene rings is 1. The average Bonchev–Trinajstić information content (AvgIpc) is 3.29. The van der Waals surface area contributed by atoms with Crippen LogP contribution in [0.15, 0.2) is 24.3 Å². The highest BCUT2D eigenvalue weighted by molar-refractivity contribution is 6.00. The molecule has 0 radical (unpaired) electrons. The summed E-state index contributed by atoms with van der Waals surface area (Å²) in [5, 5.41) is 7.74. The minimum atomic E-state index is -0.0687. The fraction of sp³-hybridized carbons (Fsp3) is 0.542. The van der Waals surface area contributed by atoms with Crippen LogP contribution in [0.1, 0.15) is 72.1 Å². The minimum Gasteiger partial charge on any atom is -0.350 e. The maximum atomic E-state index is 12.6. The normalized spacial score (nSPS) is 20.9. The van der Waals surface area contributed by atoms with Gasteiger partial charge < -0.3 is 5.32 Å². The van der Waals surface area contributed by atoms with Gasteiger partial charge in [-0.15, -0.1) is 0 Å². The SMILES string of the molecule is CCN1CCCC1CNC(=O)c1ccc(-n2nc(C)c3c2CC(C)(C)CC3=O)cc1. The first-order chi connectivity index (χ1) is 14.3. The molecule has 0 saturated carbocycles. The third-order valence-electron chi connectivity index (χ3n) is 6.50. The first-order valence-electron chi connectivity index (χ1n) is 11.0. The second-order valence-corrected chi connectivity index (χ2v) is 9.44. The Morgan fingerprint density at radius 3 is 2.67 bits per heavy atom. The lowest BCUT2D eigenvalue weighted by Crippen LogP contribution is -2.40. The molecule has 30 heavy (non-hydrogen) atoms. The third kappa shape index (κ3) is 3.93. The van der Waals surface area contributed by atoms with Crippen molar-refractivity contribution in [1.82, 2.24) is 20.0 Å². The molecule has 1 unspecified atom stereocenters. The molecular formula is C24H32N4O2. The lowest BCUT2D eigenvalue weighted by molar-refractivity contribution is 0.0908. The number of fused-ring (bicyclic) bond motifs is 1. The van der Waals surface area contributed by atoms with Crippen LogP contribution in [0, 0.1) is 12.3 Å². The first kappa shape index (κ1) is 20.8. The van der Waals surface area contributed by atoms with Crippen molar-refractivity contribution in [2.75, 3.05) is 19.6 Å². The number of carbonyl (C=O) groups is 2.